The van der Waals surface area contributed by atoms with Crippen molar-refractivity contribution in [3.63, 3.8) is 0 Å². The number of H-pyrrole nitrogens is 1. The fourth-order valence-electron chi connectivity index (χ4n) is 4.59. The van der Waals surface area contributed by atoms with Crippen LogP contribution in [0, 0.1) is 11.3 Å². The lowest BCUT2D eigenvalue weighted by molar-refractivity contribution is 0.0685. The Morgan fingerprint density at radius 2 is 1.90 bits per heavy atom. The Morgan fingerprint density at radius 3 is 2.68 bits per heavy atom. The third-order valence-corrected chi connectivity index (χ3v) is 6.29. The SMILES string of the molecule is N#CCn1c(C(=O)N2CCC(n3c(=O)[nH]c4ccccc43)CC2)cc2cc(Cl)ccc21. The standard InChI is InChI=1S/C23H20ClN5O2/c24-16-5-6-19-15(13-16)14-21(28(19)12-9-25)22(30)27-10-7-17(8-11-27)29-20-4-2-1-3-18(20)26-23(29)31/h1-6,13-14,17H,7-8,10-12H2,(H,26,31). The molecule has 0 aliphatic carbocycles. The number of aromatic nitrogens is 3. The van der Waals surface area contributed by atoms with Gasteiger partial charge in [-0.15, -0.1) is 0 Å². The third kappa shape index (κ3) is 3.29. The van der Waals surface area contributed by atoms with Crippen LogP contribution in [-0.2, 0) is 6.54 Å². The van der Waals surface area contributed by atoms with Crippen LogP contribution in [0.4, 0.5) is 0 Å². The van der Waals surface area contributed by atoms with Gasteiger partial charge in [0.15, 0.2) is 0 Å². The van der Waals surface area contributed by atoms with Gasteiger partial charge in [0, 0.05) is 35.1 Å². The van der Waals surface area contributed by atoms with Crippen LogP contribution < -0.4 is 5.69 Å². The quantitative estimate of drug-likeness (QED) is 0.531. The zero-order valence-corrected chi connectivity index (χ0v) is 17.5. The fraction of sp³-hybridized carbons (Fsp3) is 0.261. The van der Waals surface area contributed by atoms with E-state index in [2.05, 4.69) is 11.1 Å². The molecule has 1 amide bonds. The minimum absolute atomic E-state index is 0.0384. The molecule has 1 fully saturated rings. The number of amides is 1. The monoisotopic (exact) mass is 433 g/mol. The molecule has 0 radical (unpaired) electrons. The highest BCUT2D eigenvalue weighted by Gasteiger charge is 2.28. The van der Waals surface area contributed by atoms with Gasteiger partial charge in [-0.3, -0.25) is 9.36 Å². The maximum atomic E-state index is 13.3. The van der Waals surface area contributed by atoms with Crippen molar-refractivity contribution < 1.29 is 4.79 Å². The smallest absolute Gasteiger partial charge is 0.326 e. The number of carbonyl (C=O) groups is 1. The predicted octanol–water partition coefficient (Wildman–Crippen LogP) is 3.94. The van der Waals surface area contributed by atoms with Crippen LogP contribution in [0.2, 0.25) is 5.02 Å². The van der Waals surface area contributed by atoms with Crippen molar-refractivity contribution in [2.24, 2.45) is 0 Å². The van der Waals surface area contributed by atoms with Gasteiger partial charge in [0.05, 0.1) is 17.1 Å². The van der Waals surface area contributed by atoms with E-state index in [1.165, 1.54) is 0 Å². The maximum absolute atomic E-state index is 13.3. The van der Waals surface area contributed by atoms with Gasteiger partial charge < -0.3 is 14.5 Å². The molecular weight excluding hydrogens is 414 g/mol. The summed E-state index contributed by atoms with van der Waals surface area (Å²) in [5.74, 6) is -0.104. The molecule has 1 aliphatic heterocycles. The number of benzene rings is 2. The molecule has 156 valence electrons. The minimum atomic E-state index is -0.114. The van der Waals surface area contributed by atoms with E-state index in [0.717, 1.165) is 21.9 Å². The number of halogens is 1. The molecule has 8 heteroatoms. The van der Waals surface area contributed by atoms with Crippen LogP contribution in [0.5, 0.6) is 0 Å². The summed E-state index contributed by atoms with van der Waals surface area (Å²) in [6.45, 7) is 1.18. The lowest BCUT2D eigenvalue weighted by Gasteiger charge is -2.32. The van der Waals surface area contributed by atoms with Crippen molar-refractivity contribution in [1.29, 1.82) is 5.26 Å². The van der Waals surface area contributed by atoms with E-state index in [9.17, 15) is 14.9 Å². The van der Waals surface area contributed by atoms with Gasteiger partial charge in [-0.25, -0.2) is 4.79 Å². The highest BCUT2D eigenvalue weighted by Crippen LogP contribution is 2.28. The summed E-state index contributed by atoms with van der Waals surface area (Å²) >= 11 is 6.10. The van der Waals surface area contributed by atoms with E-state index in [4.69, 9.17) is 11.6 Å². The second-order valence-electron chi connectivity index (χ2n) is 7.82. The van der Waals surface area contributed by atoms with Crippen molar-refractivity contribution in [3.8, 4) is 6.07 Å². The summed E-state index contributed by atoms with van der Waals surface area (Å²) in [5, 5.41) is 10.7. The normalized spacial score (nSPS) is 14.9. The minimum Gasteiger partial charge on any atom is -0.337 e. The molecule has 1 saturated heterocycles. The molecule has 3 heterocycles. The van der Waals surface area contributed by atoms with Gasteiger partial charge >= 0.3 is 5.69 Å². The Kier molecular flexibility index (Phi) is 4.79. The number of rotatable bonds is 3. The molecule has 0 atom stereocenters. The molecule has 4 aromatic rings. The molecule has 2 aromatic heterocycles. The molecular formula is C23H20ClN5O2. The lowest BCUT2D eigenvalue weighted by atomic mass is 10.0. The van der Waals surface area contributed by atoms with E-state index in [1.54, 1.807) is 27.7 Å². The van der Waals surface area contributed by atoms with Gasteiger partial charge in [0.1, 0.15) is 12.2 Å². The van der Waals surface area contributed by atoms with Crippen molar-refractivity contribution in [1.82, 2.24) is 19.0 Å². The highest BCUT2D eigenvalue weighted by molar-refractivity contribution is 6.31. The van der Waals surface area contributed by atoms with Crippen LogP contribution >= 0.6 is 11.6 Å². The number of fused-ring (bicyclic) bond motifs is 2. The highest BCUT2D eigenvalue weighted by atomic mass is 35.5. The van der Waals surface area contributed by atoms with E-state index < -0.39 is 0 Å². The molecule has 0 bridgehead atoms. The molecule has 1 N–H and O–H groups in total. The van der Waals surface area contributed by atoms with Crippen LogP contribution in [0.25, 0.3) is 21.9 Å². The Hall–Kier alpha value is -3.50. The number of nitriles is 1. The average Bonchev–Trinajstić information content (AvgIpc) is 3.30. The summed E-state index contributed by atoms with van der Waals surface area (Å²) in [6.07, 6.45) is 1.38. The fourth-order valence-corrected chi connectivity index (χ4v) is 4.77. The number of nitrogens with one attached hydrogen (secondary N) is 1. The van der Waals surface area contributed by atoms with E-state index in [-0.39, 0.29) is 24.2 Å². The van der Waals surface area contributed by atoms with Crippen LogP contribution in [0.1, 0.15) is 29.4 Å². The van der Waals surface area contributed by atoms with Gasteiger partial charge in [0.2, 0.25) is 0 Å². The van der Waals surface area contributed by atoms with Gasteiger partial charge in [-0.1, -0.05) is 23.7 Å². The van der Waals surface area contributed by atoms with Crippen molar-refractivity contribution >= 4 is 39.4 Å². The zero-order chi connectivity index (χ0) is 21.5. The Labute approximate surface area is 183 Å². The molecule has 7 nitrogen and oxygen atoms in total. The molecule has 1 aliphatic rings. The average molecular weight is 434 g/mol. The molecule has 5 rings (SSSR count). The van der Waals surface area contributed by atoms with Crippen molar-refractivity contribution in [2.45, 2.75) is 25.4 Å². The lowest BCUT2D eigenvalue weighted by Crippen LogP contribution is -2.41. The first-order valence-corrected chi connectivity index (χ1v) is 10.6. The Morgan fingerprint density at radius 1 is 1.13 bits per heavy atom. The first-order valence-electron chi connectivity index (χ1n) is 10.2. The van der Waals surface area contributed by atoms with Gasteiger partial charge in [0.25, 0.3) is 5.91 Å². The summed E-state index contributed by atoms with van der Waals surface area (Å²) in [7, 11) is 0. The Balaban J connectivity index is 1.40. The van der Waals surface area contributed by atoms with E-state index in [1.807, 2.05) is 34.9 Å². The second kappa shape index (κ2) is 7.64. The third-order valence-electron chi connectivity index (χ3n) is 6.05. The number of carbonyl (C=O) groups excluding carboxylic acids is 1. The van der Waals surface area contributed by atoms with E-state index >= 15 is 0 Å². The molecule has 31 heavy (non-hydrogen) atoms. The first-order chi connectivity index (χ1) is 15.1. The number of piperidine rings is 1. The van der Waals surface area contributed by atoms with E-state index in [0.29, 0.717) is 36.6 Å². The van der Waals surface area contributed by atoms with Gasteiger partial charge in [-0.05, 0) is 49.2 Å². The molecule has 0 saturated carbocycles. The number of likely N-dealkylation sites (tertiary alicyclic amines) is 1. The van der Waals surface area contributed by atoms with Crippen LogP contribution in [0.15, 0.2) is 53.3 Å². The molecule has 0 unspecified atom stereocenters. The first kappa shape index (κ1) is 19.5. The number of imidazole rings is 1. The number of para-hydroxylation sites is 2. The molecule has 2 aromatic carbocycles. The van der Waals surface area contributed by atoms with Crippen LogP contribution in [-0.4, -0.2) is 38.0 Å². The number of hydrogen-bond donors (Lipinski definition) is 1. The maximum Gasteiger partial charge on any atom is 0.326 e. The number of hydrogen-bond acceptors (Lipinski definition) is 3. The van der Waals surface area contributed by atoms with Crippen molar-refractivity contribution in [2.75, 3.05) is 13.1 Å². The summed E-state index contributed by atoms with van der Waals surface area (Å²) in [5.41, 5.74) is 2.90. The largest absolute Gasteiger partial charge is 0.337 e. The summed E-state index contributed by atoms with van der Waals surface area (Å²) in [4.78, 5) is 30.5. The second-order valence-corrected chi connectivity index (χ2v) is 8.25. The Bertz CT molecular complexity index is 1400. The van der Waals surface area contributed by atoms with Crippen molar-refractivity contribution in [3.05, 3.63) is 69.7 Å². The summed E-state index contributed by atoms with van der Waals surface area (Å²) in [6, 6.07) is 17.0. The zero-order valence-electron chi connectivity index (χ0n) is 16.7. The summed E-state index contributed by atoms with van der Waals surface area (Å²) < 4.78 is 3.55. The topological polar surface area (TPSA) is 86.8 Å². The number of aromatic amines is 1. The van der Waals surface area contributed by atoms with Crippen LogP contribution in [0.3, 0.4) is 0 Å². The number of nitrogens with zero attached hydrogens (tertiary/aromatic N) is 4. The molecule has 0 spiro atoms. The predicted molar refractivity (Wildman–Crippen MR) is 119 cm³/mol. The van der Waals surface area contributed by atoms with Gasteiger partial charge in [-0.2, -0.15) is 5.26 Å².